The first kappa shape index (κ1) is 18.8. The SMILES string of the molecule is COc1cccc(C(=O)N2CCN(C(=O)Cc3ccccc3OC)CC2)c1. The fourth-order valence-corrected chi connectivity index (χ4v) is 3.22. The van der Waals surface area contributed by atoms with Crippen molar-refractivity contribution >= 4 is 11.8 Å². The van der Waals surface area contributed by atoms with Crippen LogP contribution < -0.4 is 9.47 Å². The van der Waals surface area contributed by atoms with E-state index in [-0.39, 0.29) is 11.8 Å². The molecular weight excluding hydrogens is 344 g/mol. The number of para-hydroxylation sites is 1. The van der Waals surface area contributed by atoms with Crippen LogP contribution in [0.2, 0.25) is 0 Å². The van der Waals surface area contributed by atoms with Crippen LogP contribution in [0.4, 0.5) is 0 Å². The Hall–Kier alpha value is -3.02. The predicted molar refractivity (Wildman–Crippen MR) is 102 cm³/mol. The summed E-state index contributed by atoms with van der Waals surface area (Å²) in [7, 11) is 3.18. The van der Waals surface area contributed by atoms with Gasteiger partial charge in [-0.3, -0.25) is 9.59 Å². The molecule has 6 heteroatoms. The molecule has 0 bridgehead atoms. The van der Waals surface area contributed by atoms with Gasteiger partial charge in [0.1, 0.15) is 11.5 Å². The molecule has 27 heavy (non-hydrogen) atoms. The van der Waals surface area contributed by atoms with E-state index in [0.717, 1.165) is 11.3 Å². The van der Waals surface area contributed by atoms with E-state index in [1.54, 1.807) is 37.3 Å². The molecule has 1 aliphatic heterocycles. The number of benzene rings is 2. The molecule has 1 fully saturated rings. The summed E-state index contributed by atoms with van der Waals surface area (Å²) in [5, 5.41) is 0. The average Bonchev–Trinajstić information content (AvgIpc) is 2.73. The number of methoxy groups -OCH3 is 2. The maximum atomic E-state index is 12.7. The number of carbonyl (C=O) groups excluding carboxylic acids is 2. The van der Waals surface area contributed by atoms with Crippen LogP contribution in [0.15, 0.2) is 48.5 Å². The highest BCUT2D eigenvalue weighted by Gasteiger charge is 2.25. The van der Waals surface area contributed by atoms with Gasteiger partial charge in [0.2, 0.25) is 5.91 Å². The largest absolute Gasteiger partial charge is 0.497 e. The van der Waals surface area contributed by atoms with E-state index in [2.05, 4.69) is 0 Å². The van der Waals surface area contributed by atoms with Crippen LogP contribution in [0, 0.1) is 0 Å². The van der Waals surface area contributed by atoms with E-state index in [1.165, 1.54) is 0 Å². The lowest BCUT2D eigenvalue weighted by atomic mass is 10.1. The quantitative estimate of drug-likeness (QED) is 0.812. The molecule has 0 aromatic heterocycles. The van der Waals surface area contributed by atoms with Crippen LogP contribution in [0.3, 0.4) is 0 Å². The van der Waals surface area contributed by atoms with Crippen molar-refractivity contribution in [2.24, 2.45) is 0 Å². The smallest absolute Gasteiger partial charge is 0.254 e. The second-order valence-corrected chi connectivity index (χ2v) is 6.39. The van der Waals surface area contributed by atoms with Crippen molar-refractivity contribution in [3.8, 4) is 11.5 Å². The number of carbonyl (C=O) groups is 2. The van der Waals surface area contributed by atoms with Crippen molar-refractivity contribution in [2.75, 3.05) is 40.4 Å². The van der Waals surface area contributed by atoms with Gasteiger partial charge in [-0.05, 0) is 24.3 Å². The van der Waals surface area contributed by atoms with Gasteiger partial charge >= 0.3 is 0 Å². The highest BCUT2D eigenvalue weighted by atomic mass is 16.5. The van der Waals surface area contributed by atoms with Crippen LogP contribution in [-0.4, -0.2) is 62.0 Å². The molecule has 0 aliphatic carbocycles. The second kappa shape index (κ2) is 8.58. The van der Waals surface area contributed by atoms with Crippen LogP contribution in [0.25, 0.3) is 0 Å². The molecule has 0 N–H and O–H groups in total. The molecular formula is C21H24N2O4. The Morgan fingerprint density at radius 3 is 2.30 bits per heavy atom. The summed E-state index contributed by atoms with van der Waals surface area (Å²) in [5.74, 6) is 1.39. The van der Waals surface area contributed by atoms with E-state index >= 15 is 0 Å². The van der Waals surface area contributed by atoms with Gasteiger partial charge in [-0.1, -0.05) is 24.3 Å². The number of nitrogens with zero attached hydrogens (tertiary/aromatic N) is 2. The Morgan fingerprint density at radius 1 is 0.889 bits per heavy atom. The third-order valence-corrected chi connectivity index (χ3v) is 4.77. The Balaban J connectivity index is 1.58. The summed E-state index contributed by atoms with van der Waals surface area (Å²) in [6.45, 7) is 2.11. The van der Waals surface area contributed by atoms with Gasteiger partial charge in [0.15, 0.2) is 0 Å². The number of piperazine rings is 1. The summed E-state index contributed by atoms with van der Waals surface area (Å²) in [5.41, 5.74) is 1.48. The molecule has 0 radical (unpaired) electrons. The van der Waals surface area contributed by atoms with Crippen LogP contribution in [0.5, 0.6) is 11.5 Å². The summed E-state index contributed by atoms with van der Waals surface area (Å²) >= 11 is 0. The number of hydrogen-bond donors (Lipinski definition) is 0. The second-order valence-electron chi connectivity index (χ2n) is 6.39. The Kier molecular flexibility index (Phi) is 5.96. The first-order chi connectivity index (χ1) is 13.1. The maximum absolute atomic E-state index is 12.7. The van der Waals surface area contributed by atoms with Crippen LogP contribution in [0.1, 0.15) is 15.9 Å². The molecule has 0 spiro atoms. The molecule has 3 rings (SSSR count). The summed E-state index contributed by atoms with van der Waals surface area (Å²) < 4.78 is 10.5. The lowest BCUT2D eigenvalue weighted by molar-refractivity contribution is -0.131. The average molecular weight is 368 g/mol. The monoisotopic (exact) mass is 368 g/mol. The number of amides is 2. The summed E-state index contributed by atoms with van der Waals surface area (Å²) in [6.07, 6.45) is 0.299. The molecule has 6 nitrogen and oxygen atoms in total. The lowest BCUT2D eigenvalue weighted by Crippen LogP contribution is -2.51. The normalized spacial score (nSPS) is 14.0. The standard InChI is InChI=1S/C21H24N2O4/c1-26-18-8-5-7-17(14-18)21(25)23-12-10-22(11-13-23)20(24)15-16-6-3-4-9-19(16)27-2/h3-9,14H,10-13,15H2,1-2H3. The van der Waals surface area contributed by atoms with Crippen LogP contribution >= 0.6 is 0 Å². The molecule has 0 saturated carbocycles. The van der Waals surface area contributed by atoms with E-state index < -0.39 is 0 Å². The van der Waals surface area contributed by atoms with Gasteiger partial charge in [0, 0.05) is 37.3 Å². The minimum atomic E-state index is -0.0364. The molecule has 1 heterocycles. The summed E-state index contributed by atoms with van der Waals surface area (Å²) in [6, 6.07) is 14.7. The predicted octanol–water partition coefficient (Wildman–Crippen LogP) is 2.23. The van der Waals surface area contributed by atoms with Gasteiger partial charge in [0.25, 0.3) is 5.91 Å². The molecule has 0 atom stereocenters. The fraction of sp³-hybridized carbons (Fsp3) is 0.333. The third-order valence-electron chi connectivity index (χ3n) is 4.77. The van der Waals surface area contributed by atoms with Gasteiger partial charge < -0.3 is 19.3 Å². The number of hydrogen-bond acceptors (Lipinski definition) is 4. The highest BCUT2D eigenvalue weighted by Crippen LogP contribution is 2.19. The van der Waals surface area contributed by atoms with Gasteiger partial charge in [-0.25, -0.2) is 0 Å². The Labute approximate surface area is 159 Å². The van der Waals surface area contributed by atoms with Crippen molar-refractivity contribution in [1.82, 2.24) is 9.80 Å². The zero-order valence-electron chi connectivity index (χ0n) is 15.7. The van der Waals surface area contributed by atoms with Crippen LogP contribution in [-0.2, 0) is 11.2 Å². The zero-order valence-corrected chi connectivity index (χ0v) is 15.7. The topological polar surface area (TPSA) is 59.1 Å². The molecule has 0 unspecified atom stereocenters. The molecule has 1 saturated heterocycles. The van der Waals surface area contributed by atoms with E-state index in [9.17, 15) is 9.59 Å². The first-order valence-electron chi connectivity index (χ1n) is 8.95. The van der Waals surface area contributed by atoms with Gasteiger partial charge in [-0.2, -0.15) is 0 Å². The third kappa shape index (κ3) is 4.39. The first-order valence-corrected chi connectivity index (χ1v) is 8.95. The fourth-order valence-electron chi connectivity index (χ4n) is 3.22. The lowest BCUT2D eigenvalue weighted by Gasteiger charge is -2.35. The minimum absolute atomic E-state index is 0.0364. The van der Waals surface area contributed by atoms with Crippen molar-refractivity contribution in [3.05, 3.63) is 59.7 Å². The van der Waals surface area contributed by atoms with Crippen molar-refractivity contribution in [2.45, 2.75) is 6.42 Å². The minimum Gasteiger partial charge on any atom is -0.497 e. The van der Waals surface area contributed by atoms with Crippen molar-refractivity contribution in [1.29, 1.82) is 0 Å². The van der Waals surface area contributed by atoms with Gasteiger partial charge in [-0.15, -0.1) is 0 Å². The zero-order chi connectivity index (χ0) is 19.2. The number of rotatable bonds is 5. The highest BCUT2D eigenvalue weighted by molar-refractivity contribution is 5.94. The molecule has 2 aromatic rings. The van der Waals surface area contributed by atoms with Gasteiger partial charge in [0.05, 0.1) is 20.6 Å². The number of ether oxygens (including phenoxy) is 2. The molecule has 142 valence electrons. The Morgan fingerprint density at radius 2 is 1.59 bits per heavy atom. The van der Waals surface area contributed by atoms with E-state index in [0.29, 0.717) is 43.9 Å². The van der Waals surface area contributed by atoms with E-state index in [4.69, 9.17) is 9.47 Å². The van der Waals surface area contributed by atoms with Crippen molar-refractivity contribution in [3.63, 3.8) is 0 Å². The molecule has 2 aromatic carbocycles. The summed E-state index contributed by atoms with van der Waals surface area (Å²) in [4.78, 5) is 28.9. The Bertz CT molecular complexity index is 813. The maximum Gasteiger partial charge on any atom is 0.254 e. The molecule has 1 aliphatic rings. The molecule has 2 amide bonds. The van der Waals surface area contributed by atoms with Crippen molar-refractivity contribution < 1.29 is 19.1 Å². The van der Waals surface area contributed by atoms with E-state index in [1.807, 2.05) is 35.2 Å².